The van der Waals surface area contributed by atoms with Gasteiger partial charge in [-0.1, -0.05) is 6.92 Å². The van der Waals surface area contributed by atoms with Gasteiger partial charge >= 0.3 is 0 Å². The van der Waals surface area contributed by atoms with E-state index in [0.717, 1.165) is 24.2 Å². The smallest absolute Gasteiger partial charge is 0.0655 e. The normalized spacial score (nSPS) is 13.0. The summed E-state index contributed by atoms with van der Waals surface area (Å²) in [6.45, 7) is 2.68. The Labute approximate surface area is 93.3 Å². The summed E-state index contributed by atoms with van der Waals surface area (Å²) < 4.78 is 13.5. The third kappa shape index (κ3) is 3.76. The van der Waals surface area contributed by atoms with Crippen molar-refractivity contribution in [3.63, 3.8) is 0 Å². The first-order valence-electron chi connectivity index (χ1n) is 5.24. The second-order valence-electron chi connectivity index (χ2n) is 3.53. The Balaban J connectivity index is 2.55. The fourth-order valence-corrected chi connectivity index (χ4v) is 2.59. The first-order valence-corrected chi connectivity index (χ1v) is 6.73. The summed E-state index contributed by atoms with van der Waals surface area (Å²) >= 11 is 0. The molecule has 0 aliphatic rings. The predicted octanol–water partition coefficient (Wildman–Crippen LogP) is 0.580. The van der Waals surface area contributed by atoms with E-state index in [-0.39, 0.29) is 0 Å². The van der Waals surface area contributed by atoms with E-state index in [0.29, 0.717) is 18.1 Å². The van der Waals surface area contributed by atoms with Gasteiger partial charge < -0.3 is 5.73 Å². The van der Waals surface area contributed by atoms with Gasteiger partial charge in [0.05, 0.1) is 17.1 Å². The molecular weight excluding hydrogens is 210 g/mol. The van der Waals surface area contributed by atoms with Crippen LogP contribution in [0.3, 0.4) is 0 Å². The van der Waals surface area contributed by atoms with Gasteiger partial charge in [-0.15, -0.1) is 0 Å². The Kier molecular flexibility index (Phi) is 4.98. The predicted molar refractivity (Wildman–Crippen MR) is 63.0 cm³/mol. The third-order valence-corrected chi connectivity index (χ3v) is 3.64. The number of nitrogens with zero attached hydrogens (tertiary/aromatic N) is 2. The van der Waals surface area contributed by atoms with E-state index in [1.165, 1.54) is 0 Å². The van der Waals surface area contributed by atoms with Crippen molar-refractivity contribution in [2.75, 3.05) is 12.3 Å². The first-order chi connectivity index (χ1) is 7.17. The van der Waals surface area contributed by atoms with Gasteiger partial charge in [-0.25, -0.2) is 0 Å². The molecule has 5 heteroatoms. The zero-order valence-corrected chi connectivity index (χ0v) is 10.2. The van der Waals surface area contributed by atoms with Crippen LogP contribution in [-0.4, -0.2) is 26.3 Å². The number of hydrogen-bond acceptors (Lipinski definition) is 3. The maximum atomic E-state index is 11.6. The van der Waals surface area contributed by atoms with E-state index in [1.54, 1.807) is 0 Å². The standard InChI is InChI=1S/C10H19N3OS/c1-3-9-7-10(13(2)12-9)8-15(14)6-4-5-11/h7H,3-6,8,11H2,1-2H3. The summed E-state index contributed by atoms with van der Waals surface area (Å²) in [5.41, 5.74) is 7.48. The van der Waals surface area contributed by atoms with Crippen molar-refractivity contribution in [1.29, 1.82) is 0 Å². The van der Waals surface area contributed by atoms with Gasteiger partial charge in [0.25, 0.3) is 0 Å². The van der Waals surface area contributed by atoms with Crippen LogP contribution >= 0.6 is 0 Å². The molecule has 1 aromatic heterocycles. The van der Waals surface area contributed by atoms with Crippen LogP contribution in [0.1, 0.15) is 24.7 Å². The van der Waals surface area contributed by atoms with Gasteiger partial charge in [0.1, 0.15) is 0 Å². The summed E-state index contributed by atoms with van der Waals surface area (Å²) in [5.74, 6) is 1.27. The molecule has 2 N–H and O–H groups in total. The molecule has 1 atom stereocenters. The fraction of sp³-hybridized carbons (Fsp3) is 0.700. The van der Waals surface area contributed by atoms with Crippen molar-refractivity contribution in [1.82, 2.24) is 9.78 Å². The number of aromatic nitrogens is 2. The van der Waals surface area contributed by atoms with Crippen LogP contribution in [-0.2, 0) is 30.0 Å². The van der Waals surface area contributed by atoms with E-state index in [4.69, 9.17) is 5.73 Å². The minimum Gasteiger partial charge on any atom is -0.330 e. The van der Waals surface area contributed by atoms with E-state index in [9.17, 15) is 4.21 Å². The topological polar surface area (TPSA) is 60.9 Å². The maximum Gasteiger partial charge on any atom is 0.0655 e. The SMILES string of the molecule is CCc1cc(CS(=O)CCCN)n(C)n1. The van der Waals surface area contributed by atoms with Gasteiger partial charge in [-0.05, 0) is 25.5 Å². The van der Waals surface area contributed by atoms with Crippen molar-refractivity contribution in [3.05, 3.63) is 17.5 Å². The molecule has 1 unspecified atom stereocenters. The highest BCUT2D eigenvalue weighted by atomic mass is 32.2. The summed E-state index contributed by atoms with van der Waals surface area (Å²) in [6.07, 6.45) is 1.74. The molecule has 1 rings (SSSR count). The number of hydrogen-bond donors (Lipinski definition) is 1. The van der Waals surface area contributed by atoms with Crippen molar-refractivity contribution in [2.24, 2.45) is 12.8 Å². The maximum absolute atomic E-state index is 11.6. The molecule has 1 heterocycles. The van der Waals surface area contributed by atoms with E-state index >= 15 is 0 Å². The van der Waals surface area contributed by atoms with Crippen molar-refractivity contribution in [3.8, 4) is 0 Å². The number of aryl methyl sites for hydroxylation is 2. The molecule has 0 radical (unpaired) electrons. The lowest BCUT2D eigenvalue weighted by Gasteiger charge is -2.01. The Bertz CT molecular complexity index is 335. The number of rotatable bonds is 6. The van der Waals surface area contributed by atoms with Gasteiger partial charge in [-0.2, -0.15) is 5.10 Å². The monoisotopic (exact) mass is 229 g/mol. The molecule has 86 valence electrons. The molecule has 0 saturated heterocycles. The largest absolute Gasteiger partial charge is 0.330 e. The molecule has 0 amide bonds. The van der Waals surface area contributed by atoms with Crippen LogP contribution in [0.25, 0.3) is 0 Å². The molecule has 0 aromatic carbocycles. The lowest BCUT2D eigenvalue weighted by molar-refractivity contribution is 0.673. The molecule has 1 aromatic rings. The fourth-order valence-electron chi connectivity index (χ4n) is 1.36. The van der Waals surface area contributed by atoms with Crippen molar-refractivity contribution >= 4 is 10.8 Å². The minimum atomic E-state index is -0.811. The summed E-state index contributed by atoms with van der Waals surface area (Å²) in [7, 11) is 1.09. The summed E-state index contributed by atoms with van der Waals surface area (Å²) in [6, 6.07) is 2.03. The van der Waals surface area contributed by atoms with Crippen LogP contribution < -0.4 is 5.73 Å². The average Bonchev–Trinajstić information content (AvgIpc) is 2.57. The second kappa shape index (κ2) is 6.02. The van der Waals surface area contributed by atoms with Crippen LogP contribution in [0, 0.1) is 0 Å². The van der Waals surface area contributed by atoms with Gasteiger partial charge in [0.15, 0.2) is 0 Å². The lowest BCUT2D eigenvalue weighted by atomic mass is 10.3. The molecule has 0 saturated carbocycles. The lowest BCUT2D eigenvalue weighted by Crippen LogP contribution is -2.09. The van der Waals surface area contributed by atoms with E-state index in [1.807, 2.05) is 17.8 Å². The Morgan fingerprint density at radius 3 is 2.87 bits per heavy atom. The average molecular weight is 229 g/mol. The van der Waals surface area contributed by atoms with Gasteiger partial charge in [0.2, 0.25) is 0 Å². The van der Waals surface area contributed by atoms with Gasteiger partial charge in [-0.3, -0.25) is 8.89 Å². The van der Waals surface area contributed by atoms with Crippen molar-refractivity contribution < 1.29 is 4.21 Å². The van der Waals surface area contributed by atoms with E-state index in [2.05, 4.69) is 12.0 Å². The molecule has 0 spiro atoms. The quantitative estimate of drug-likeness (QED) is 0.776. The molecule has 4 nitrogen and oxygen atoms in total. The second-order valence-corrected chi connectivity index (χ2v) is 5.11. The van der Waals surface area contributed by atoms with E-state index < -0.39 is 10.8 Å². The summed E-state index contributed by atoms with van der Waals surface area (Å²) in [5, 5.41) is 4.32. The third-order valence-electron chi connectivity index (χ3n) is 2.27. The molecule has 0 aliphatic carbocycles. The molecule has 0 bridgehead atoms. The van der Waals surface area contributed by atoms with Crippen molar-refractivity contribution in [2.45, 2.75) is 25.5 Å². The highest BCUT2D eigenvalue weighted by molar-refractivity contribution is 7.84. The highest BCUT2D eigenvalue weighted by Gasteiger charge is 2.07. The van der Waals surface area contributed by atoms with Gasteiger partial charge in [0, 0.05) is 23.6 Å². The Morgan fingerprint density at radius 1 is 1.60 bits per heavy atom. The highest BCUT2D eigenvalue weighted by Crippen LogP contribution is 2.07. The zero-order chi connectivity index (χ0) is 11.3. The van der Waals surface area contributed by atoms with Crippen LogP contribution in [0.2, 0.25) is 0 Å². The first kappa shape index (κ1) is 12.4. The van der Waals surface area contributed by atoms with Crippen LogP contribution in [0.15, 0.2) is 6.07 Å². The molecular formula is C10H19N3OS. The van der Waals surface area contributed by atoms with Crippen LogP contribution in [0.4, 0.5) is 0 Å². The zero-order valence-electron chi connectivity index (χ0n) is 9.40. The van der Waals surface area contributed by atoms with Crippen LogP contribution in [0.5, 0.6) is 0 Å². The summed E-state index contributed by atoms with van der Waals surface area (Å²) in [4.78, 5) is 0. The molecule has 0 aliphatic heterocycles. The minimum absolute atomic E-state index is 0.587. The molecule has 15 heavy (non-hydrogen) atoms. The molecule has 0 fully saturated rings. The number of nitrogens with two attached hydrogens (primary N) is 1. The Morgan fingerprint density at radius 2 is 2.33 bits per heavy atom. The Hall–Kier alpha value is -0.680.